The topological polar surface area (TPSA) is 28.3 Å². The van der Waals surface area contributed by atoms with E-state index in [4.69, 9.17) is 4.74 Å². The molecule has 2 aromatic carbocycles. The van der Waals surface area contributed by atoms with E-state index in [0.29, 0.717) is 32.5 Å². The zero-order valence-electron chi connectivity index (χ0n) is 16.4. The Morgan fingerprint density at radius 1 is 1.21 bits per heavy atom. The van der Waals surface area contributed by atoms with Crippen molar-refractivity contribution < 1.29 is 17.9 Å². The van der Waals surface area contributed by atoms with Crippen LogP contribution in [-0.4, -0.2) is 36.0 Å². The van der Waals surface area contributed by atoms with Crippen LogP contribution >= 0.6 is 0 Å². The van der Waals surface area contributed by atoms with Gasteiger partial charge in [-0.15, -0.1) is 0 Å². The SMILES string of the molecule is COc1ccc2c(CN3CCC(F)(F)[C@H](CCc4cccc(F)c4)C3)c[nH]c2c1. The summed E-state index contributed by atoms with van der Waals surface area (Å²) in [6, 6.07) is 12.1. The second-order valence-electron chi connectivity index (χ2n) is 7.84. The zero-order chi connectivity index (χ0) is 20.4. The van der Waals surface area contributed by atoms with Gasteiger partial charge >= 0.3 is 0 Å². The van der Waals surface area contributed by atoms with E-state index in [0.717, 1.165) is 27.8 Å². The van der Waals surface area contributed by atoms with Crippen LogP contribution in [0.1, 0.15) is 24.0 Å². The monoisotopic (exact) mass is 402 g/mol. The molecule has 0 radical (unpaired) electrons. The first-order chi connectivity index (χ1) is 13.9. The number of hydrogen-bond acceptors (Lipinski definition) is 2. The largest absolute Gasteiger partial charge is 0.497 e. The molecule has 0 aliphatic carbocycles. The number of benzene rings is 2. The van der Waals surface area contributed by atoms with Crippen LogP contribution in [0.3, 0.4) is 0 Å². The van der Waals surface area contributed by atoms with Gasteiger partial charge in [0.2, 0.25) is 0 Å². The molecule has 0 unspecified atom stereocenters. The Hall–Kier alpha value is -2.47. The number of aromatic amines is 1. The Kier molecular flexibility index (Phi) is 5.54. The Morgan fingerprint density at radius 3 is 2.86 bits per heavy atom. The van der Waals surface area contributed by atoms with Gasteiger partial charge in [0.05, 0.1) is 7.11 Å². The molecular formula is C23H25F3N2O. The maximum absolute atomic E-state index is 14.5. The molecule has 1 fully saturated rings. The molecule has 1 atom stereocenters. The quantitative estimate of drug-likeness (QED) is 0.598. The second-order valence-corrected chi connectivity index (χ2v) is 7.84. The van der Waals surface area contributed by atoms with Gasteiger partial charge in [-0.25, -0.2) is 13.2 Å². The van der Waals surface area contributed by atoms with Gasteiger partial charge in [0.25, 0.3) is 5.92 Å². The summed E-state index contributed by atoms with van der Waals surface area (Å²) < 4.78 is 47.7. The lowest BCUT2D eigenvalue weighted by Crippen LogP contribution is -2.46. The highest BCUT2D eigenvalue weighted by molar-refractivity contribution is 5.84. The van der Waals surface area contributed by atoms with Crippen molar-refractivity contribution in [2.45, 2.75) is 31.7 Å². The maximum atomic E-state index is 14.5. The molecule has 0 bridgehead atoms. The average Bonchev–Trinajstić information content (AvgIpc) is 3.10. The molecule has 1 N–H and O–H groups in total. The average molecular weight is 402 g/mol. The summed E-state index contributed by atoms with van der Waals surface area (Å²) in [5.74, 6) is -2.96. The minimum Gasteiger partial charge on any atom is -0.497 e. The molecule has 1 saturated heterocycles. The van der Waals surface area contributed by atoms with Crippen molar-refractivity contribution in [1.82, 2.24) is 9.88 Å². The summed E-state index contributed by atoms with van der Waals surface area (Å²) in [5, 5.41) is 1.08. The fourth-order valence-corrected chi connectivity index (χ4v) is 4.19. The van der Waals surface area contributed by atoms with Crippen LogP contribution in [0.25, 0.3) is 10.9 Å². The van der Waals surface area contributed by atoms with Gasteiger partial charge in [0, 0.05) is 55.1 Å². The third-order valence-electron chi connectivity index (χ3n) is 5.88. The Labute approximate surface area is 168 Å². The third kappa shape index (κ3) is 4.42. The Morgan fingerprint density at radius 2 is 2.07 bits per heavy atom. The Balaban J connectivity index is 1.44. The van der Waals surface area contributed by atoms with Crippen LogP contribution in [0.5, 0.6) is 5.75 Å². The first-order valence-corrected chi connectivity index (χ1v) is 9.93. The summed E-state index contributed by atoms with van der Waals surface area (Å²) in [7, 11) is 1.63. The fraction of sp³-hybridized carbons (Fsp3) is 0.391. The van der Waals surface area contributed by atoms with Crippen molar-refractivity contribution in [3.05, 3.63) is 65.6 Å². The number of H-pyrrole nitrogens is 1. The number of piperidine rings is 1. The second kappa shape index (κ2) is 8.11. The molecule has 0 spiro atoms. The molecule has 0 saturated carbocycles. The van der Waals surface area contributed by atoms with Crippen LogP contribution < -0.4 is 4.74 Å². The molecule has 0 amide bonds. The predicted molar refractivity (Wildman–Crippen MR) is 108 cm³/mol. The highest BCUT2D eigenvalue weighted by Crippen LogP contribution is 2.37. The van der Waals surface area contributed by atoms with Gasteiger partial charge in [0.1, 0.15) is 11.6 Å². The molecule has 1 aliphatic heterocycles. The third-order valence-corrected chi connectivity index (χ3v) is 5.88. The van der Waals surface area contributed by atoms with Crippen molar-refractivity contribution in [2.24, 2.45) is 5.92 Å². The summed E-state index contributed by atoms with van der Waals surface area (Å²) in [4.78, 5) is 5.34. The normalized spacial score (nSPS) is 19.5. The van der Waals surface area contributed by atoms with Crippen LogP contribution in [0, 0.1) is 11.7 Å². The van der Waals surface area contributed by atoms with Crippen molar-refractivity contribution >= 4 is 10.9 Å². The molecular weight excluding hydrogens is 377 g/mol. The number of nitrogens with zero attached hydrogens (tertiary/aromatic N) is 1. The molecule has 4 rings (SSSR count). The van der Waals surface area contributed by atoms with Crippen LogP contribution in [0.2, 0.25) is 0 Å². The molecule has 154 valence electrons. The van der Waals surface area contributed by atoms with E-state index < -0.39 is 11.8 Å². The van der Waals surface area contributed by atoms with E-state index in [-0.39, 0.29) is 12.2 Å². The van der Waals surface area contributed by atoms with Crippen molar-refractivity contribution in [2.75, 3.05) is 20.2 Å². The number of ether oxygens (including phenoxy) is 1. The number of likely N-dealkylation sites (tertiary alicyclic amines) is 1. The van der Waals surface area contributed by atoms with Crippen LogP contribution in [0.4, 0.5) is 13.2 Å². The van der Waals surface area contributed by atoms with Gasteiger partial charge < -0.3 is 9.72 Å². The van der Waals surface area contributed by atoms with Gasteiger partial charge in [-0.2, -0.15) is 0 Å². The Bertz CT molecular complexity index is 985. The van der Waals surface area contributed by atoms with Gasteiger partial charge in [-0.05, 0) is 48.2 Å². The number of halogens is 3. The maximum Gasteiger partial charge on any atom is 0.253 e. The number of nitrogens with one attached hydrogen (secondary N) is 1. The van der Waals surface area contributed by atoms with Crippen molar-refractivity contribution in [3.63, 3.8) is 0 Å². The van der Waals surface area contributed by atoms with E-state index in [1.165, 1.54) is 12.1 Å². The van der Waals surface area contributed by atoms with Gasteiger partial charge in [-0.3, -0.25) is 4.90 Å². The lowest BCUT2D eigenvalue weighted by molar-refractivity contribution is -0.109. The van der Waals surface area contributed by atoms with Crippen LogP contribution in [0.15, 0.2) is 48.7 Å². The predicted octanol–water partition coefficient (Wildman–Crippen LogP) is 5.41. The van der Waals surface area contributed by atoms with Gasteiger partial charge in [-0.1, -0.05) is 12.1 Å². The minimum absolute atomic E-state index is 0.142. The first kappa shape index (κ1) is 19.8. The number of alkyl halides is 2. The van der Waals surface area contributed by atoms with Gasteiger partial charge in [0.15, 0.2) is 0 Å². The van der Waals surface area contributed by atoms with Crippen LogP contribution in [-0.2, 0) is 13.0 Å². The number of methoxy groups -OCH3 is 1. The number of aryl methyl sites for hydroxylation is 1. The molecule has 2 heterocycles. The van der Waals surface area contributed by atoms with Crippen molar-refractivity contribution in [3.8, 4) is 5.75 Å². The molecule has 29 heavy (non-hydrogen) atoms. The molecule has 3 nitrogen and oxygen atoms in total. The van der Waals surface area contributed by atoms with E-state index in [2.05, 4.69) is 9.88 Å². The lowest BCUT2D eigenvalue weighted by Gasteiger charge is -2.38. The number of hydrogen-bond donors (Lipinski definition) is 1. The smallest absolute Gasteiger partial charge is 0.253 e. The summed E-state index contributed by atoms with van der Waals surface area (Å²) in [6.07, 6.45) is 2.60. The van der Waals surface area contributed by atoms with E-state index in [1.807, 2.05) is 24.4 Å². The van der Waals surface area contributed by atoms with E-state index >= 15 is 0 Å². The number of rotatable bonds is 6. The fourth-order valence-electron chi connectivity index (χ4n) is 4.19. The van der Waals surface area contributed by atoms with Crippen molar-refractivity contribution in [1.29, 1.82) is 0 Å². The molecule has 3 aromatic rings. The number of fused-ring (bicyclic) bond motifs is 1. The summed E-state index contributed by atoms with van der Waals surface area (Å²) in [6.45, 7) is 1.33. The van der Waals surface area contributed by atoms with E-state index in [1.54, 1.807) is 19.2 Å². The molecule has 6 heteroatoms. The minimum atomic E-state index is -2.68. The standard InChI is InChI=1S/C23H25F3N2O/c1-29-20-7-8-21-17(13-27-22(21)12-20)14-28-10-9-23(25,26)18(15-28)6-5-16-3-2-4-19(24)11-16/h2-4,7-8,11-13,18,27H,5-6,9-10,14-15H2,1H3/t18-/m1/s1. The first-order valence-electron chi connectivity index (χ1n) is 9.93. The number of aromatic nitrogens is 1. The summed E-state index contributed by atoms with van der Waals surface area (Å²) in [5.41, 5.74) is 2.84. The zero-order valence-corrected chi connectivity index (χ0v) is 16.4. The molecule has 1 aromatic heterocycles. The lowest BCUT2D eigenvalue weighted by atomic mass is 9.88. The summed E-state index contributed by atoms with van der Waals surface area (Å²) >= 11 is 0. The highest BCUT2D eigenvalue weighted by atomic mass is 19.3. The van der Waals surface area contributed by atoms with E-state index in [9.17, 15) is 13.2 Å². The molecule has 1 aliphatic rings. The highest BCUT2D eigenvalue weighted by Gasteiger charge is 2.43.